The molecule has 0 radical (unpaired) electrons. The van der Waals surface area contributed by atoms with Crippen LogP contribution in [0.5, 0.6) is 0 Å². The van der Waals surface area contributed by atoms with E-state index < -0.39 is 0 Å². The molecule has 0 atom stereocenters. The van der Waals surface area contributed by atoms with E-state index in [9.17, 15) is 4.79 Å². The fourth-order valence-electron chi connectivity index (χ4n) is 1.31. The third-order valence-electron chi connectivity index (χ3n) is 2.16. The minimum atomic E-state index is 0.0946. The predicted molar refractivity (Wildman–Crippen MR) is 73.3 cm³/mol. The van der Waals surface area contributed by atoms with Gasteiger partial charge in [0.1, 0.15) is 0 Å². The number of rotatable bonds is 8. The van der Waals surface area contributed by atoms with Crippen LogP contribution in [0.3, 0.4) is 0 Å². The van der Waals surface area contributed by atoms with Crippen molar-refractivity contribution >= 4 is 17.7 Å². The molecule has 2 N–H and O–H groups in total. The van der Waals surface area contributed by atoms with Gasteiger partial charge < -0.3 is 10.6 Å². The van der Waals surface area contributed by atoms with E-state index in [2.05, 4.69) is 17.6 Å². The second kappa shape index (κ2) is 9.07. The van der Waals surface area contributed by atoms with E-state index in [-0.39, 0.29) is 5.91 Å². The molecular formula is C13H20N2OS. The zero-order valence-electron chi connectivity index (χ0n) is 10.2. The second-order valence-corrected chi connectivity index (χ2v) is 4.75. The number of nitrogens with one attached hydrogen (secondary N) is 2. The van der Waals surface area contributed by atoms with E-state index in [0.717, 1.165) is 24.4 Å². The summed E-state index contributed by atoms with van der Waals surface area (Å²) in [5, 5.41) is 6.13. The Morgan fingerprint density at radius 3 is 2.65 bits per heavy atom. The summed E-state index contributed by atoms with van der Waals surface area (Å²) in [5.41, 5.74) is 0. The third-order valence-corrected chi connectivity index (χ3v) is 3.18. The molecule has 3 nitrogen and oxygen atoms in total. The van der Waals surface area contributed by atoms with Crippen LogP contribution in [0.15, 0.2) is 35.2 Å². The Balaban J connectivity index is 2.05. The first-order valence-corrected chi connectivity index (χ1v) is 6.96. The Morgan fingerprint density at radius 1 is 1.18 bits per heavy atom. The predicted octanol–water partition coefficient (Wildman–Crippen LogP) is 1.89. The lowest BCUT2D eigenvalue weighted by Crippen LogP contribution is -2.33. The van der Waals surface area contributed by atoms with Gasteiger partial charge in [-0.25, -0.2) is 0 Å². The van der Waals surface area contributed by atoms with E-state index in [0.29, 0.717) is 12.3 Å². The van der Waals surface area contributed by atoms with Crippen molar-refractivity contribution in [3.63, 3.8) is 0 Å². The molecule has 94 valence electrons. The molecule has 0 spiro atoms. The molecule has 0 heterocycles. The van der Waals surface area contributed by atoms with Gasteiger partial charge in [0.05, 0.1) is 5.75 Å². The molecule has 0 aliphatic heterocycles. The Morgan fingerprint density at radius 2 is 1.94 bits per heavy atom. The standard InChI is InChI=1S/C13H20N2OS/c1-2-8-14-9-10-15-13(16)11-17-12-6-4-3-5-7-12/h3-7,14H,2,8-11H2,1H3,(H,15,16). The minimum absolute atomic E-state index is 0.0946. The average Bonchev–Trinajstić information content (AvgIpc) is 2.37. The maximum Gasteiger partial charge on any atom is 0.230 e. The molecule has 1 aromatic rings. The van der Waals surface area contributed by atoms with Crippen LogP contribution < -0.4 is 10.6 Å². The molecule has 17 heavy (non-hydrogen) atoms. The van der Waals surface area contributed by atoms with Crippen LogP contribution in [0.2, 0.25) is 0 Å². The Labute approximate surface area is 107 Å². The summed E-state index contributed by atoms with van der Waals surface area (Å²) in [4.78, 5) is 12.6. The van der Waals surface area contributed by atoms with Gasteiger partial charge in [-0.1, -0.05) is 25.1 Å². The minimum Gasteiger partial charge on any atom is -0.354 e. The summed E-state index contributed by atoms with van der Waals surface area (Å²) in [6.07, 6.45) is 1.12. The highest BCUT2D eigenvalue weighted by Crippen LogP contribution is 2.15. The van der Waals surface area contributed by atoms with Crippen molar-refractivity contribution in [3.05, 3.63) is 30.3 Å². The van der Waals surface area contributed by atoms with Crippen LogP contribution in [-0.4, -0.2) is 31.3 Å². The summed E-state index contributed by atoms with van der Waals surface area (Å²) in [6, 6.07) is 9.97. The van der Waals surface area contributed by atoms with Crippen LogP contribution in [0.1, 0.15) is 13.3 Å². The van der Waals surface area contributed by atoms with Crippen molar-refractivity contribution in [2.45, 2.75) is 18.2 Å². The second-order valence-electron chi connectivity index (χ2n) is 3.70. The third kappa shape index (κ3) is 7.02. The SMILES string of the molecule is CCCNCCNC(=O)CSc1ccccc1. The molecule has 0 aromatic heterocycles. The van der Waals surface area contributed by atoms with Crippen LogP contribution >= 0.6 is 11.8 Å². The molecule has 0 aliphatic rings. The molecule has 1 aromatic carbocycles. The molecule has 0 unspecified atom stereocenters. The highest BCUT2D eigenvalue weighted by atomic mass is 32.2. The lowest BCUT2D eigenvalue weighted by atomic mass is 10.4. The van der Waals surface area contributed by atoms with Crippen molar-refractivity contribution in [2.24, 2.45) is 0 Å². The summed E-state index contributed by atoms with van der Waals surface area (Å²) in [7, 11) is 0. The van der Waals surface area contributed by atoms with Gasteiger partial charge in [-0.3, -0.25) is 4.79 Å². The molecule has 0 saturated heterocycles. The van der Waals surface area contributed by atoms with Crippen molar-refractivity contribution in [1.29, 1.82) is 0 Å². The number of carbonyl (C=O) groups excluding carboxylic acids is 1. The largest absolute Gasteiger partial charge is 0.354 e. The number of benzene rings is 1. The maximum atomic E-state index is 11.5. The summed E-state index contributed by atoms with van der Waals surface area (Å²) in [5.74, 6) is 0.579. The zero-order valence-corrected chi connectivity index (χ0v) is 11.1. The molecule has 0 aliphatic carbocycles. The maximum absolute atomic E-state index is 11.5. The van der Waals surface area contributed by atoms with Crippen molar-refractivity contribution < 1.29 is 4.79 Å². The Kier molecular flexibility index (Phi) is 7.51. The number of hydrogen-bond donors (Lipinski definition) is 2. The lowest BCUT2D eigenvalue weighted by molar-refractivity contribution is -0.118. The molecule has 4 heteroatoms. The molecule has 1 rings (SSSR count). The normalized spacial score (nSPS) is 10.2. The van der Waals surface area contributed by atoms with Gasteiger partial charge in [0.15, 0.2) is 0 Å². The fraction of sp³-hybridized carbons (Fsp3) is 0.462. The van der Waals surface area contributed by atoms with Crippen LogP contribution in [0.4, 0.5) is 0 Å². The van der Waals surface area contributed by atoms with Crippen LogP contribution in [0, 0.1) is 0 Å². The number of carbonyl (C=O) groups is 1. The average molecular weight is 252 g/mol. The van der Waals surface area contributed by atoms with Crippen molar-refractivity contribution in [1.82, 2.24) is 10.6 Å². The van der Waals surface area contributed by atoms with Gasteiger partial charge in [-0.05, 0) is 25.1 Å². The van der Waals surface area contributed by atoms with Gasteiger partial charge >= 0.3 is 0 Å². The summed E-state index contributed by atoms with van der Waals surface area (Å²) in [6.45, 7) is 4.68. The highest BCUT2D eigenvalue weighted by Gasteiger charge is 2.01. The quantitative estimate of drug-likeness (QED) is 0.548. The number of thioether (sulfide) groups is 1. The first kappa shape index (κ1) is 14.1. The molecular weight excluding hydrogens is 232 g/mol. The Hall–Kier alpha value is -1.00. The Bertz CT molecular complexity index is 316. The van der Waals surface area contributed by atoms with Gasteiger partial charge in [0.25, 0.3) is 0 Å². The first-order valence-electron chi connectivity index (χ1n) is 5.98. The van der Waals surface area contributed by atoms with Crippen LogP contribution in [0.25, 0.3) is 0 Å². The molecule has 0 saturated carbocycles. The zero-order chi connectivity index (χ0) is 12.3. The summed E-state index contributed by atoms with van der Waals surface area (Å²) >= 11 is 1.56. The van der Waals surface area contributed by atoms with E-state index in [4.69, 9.17) is 0 Å². The van der Waals surface area contributed by atoms with Crippen LogP contribution in [-0.2, 0) is 4.79 Å². The number of hydrogen-bond acceptors (Lipinski definition) is 3. The fourth-order valence-corrected chi connectivity index (χ4v) is 2.06. The van der Waals surface area contributed by atoms with Gasteiger partial charge in [-0.15, -0.1) is 11.8 Å². The van der Waals surface area contributed by atoms with E-state index in [1.165, 1.54) is 0 Å². The monoisotopic (exact) mass is 252 g/mol. The molecule has 0 fully saturated rings. The molecule has 0 bridgehead atoms. The van der Waals surface area contributed by atoms with Crippen molar-refractivity contribution in [2.75, 3.05) is 25.4 Å². The topological polar surface area (TPSA) is 41.1 Å². The highest BCUT2D eigenvalue weighted by molar-refractivity contribution is 8.00. The lowest BCUT2D eigenvalue weighted by Gasteiger charge is -2.05. The van der Waals surface area contributed by atoms with E-state index in [1.807, 2.05) is 30.3 Å². The smallest absolute Gasteiger partial charge is 0.230 e. The van der Waals surface area contributed by atoms with Gasteiger partial charge in [0, 0.05) is 18.0 Å². The van der Waals surface area contributed by atoms with Gasteiger partial charge in [-0.2, -0.15) is 0 Å². The first-order chi connectivity index (χ1) is 8.33. The van der Waals surface area contributed by atoms with E-state index >= 15 is 0 Å². The van der Waals surface area contributed by atoms with E-state index in [1.54, 1.807) is 11.8 Å². The summed E-state index contributed by atoms with van der Waals surface area (Å²) < 4.78 is 0. The number of amides is 1. The van der Waals surface area contributed by atoms with Crippen molar-refractivity contribution in [3.8, 4) is 0 Å². The van der Waals surface area contributed by atoms with Gasteiger partial charge in [0.2, 0.25) is 5.91 Å². The molecule has 1 amide bonds.